The quantitative estimate of drug-likeness (QED) is 0.848. The Labute approximate surface area is 123 Å². The molecule has 6 heteroatoms. The van der Waals surface area contributed by atoms with Gasteiger partial charge in [-0.1, -0.05) is 32.1 Å². The minimum absolute atomic E-state index is 0.0912. The van der Waals surface area contributed by atoms with Crippen LogP contribution in [0, 0.1) is 5.92 Å². The molecule has 0 saturated carbocycles. The molecule has 2 aromatic rings. The third kappa shape index (κ3) is 3.07. The largest absolute Gasteiger partial charge is 0.298 e. The first-order valence-electron chi connectivity index (χ1n) is 7.01. The molecule has 20 heavy (non-hydrogen) atoms. The lowest BCUT2D eigenvalue weighted by molar-refractivity contribution is 0.198. The van der Waals surface area contributed by atoms with Crippen molar-refractivity contribution in [3.63, 3.8) is 0 Å². The van der Waals surface area contributed by atoms with Gasteiger partial charge < -0.3 is 0 Å². The summed E-state index contributed by atoms with van der Waals surface area (Å²) in [5.74, 6) is 0.569. The third-order valence-corrected chi connectivity index (χ3v) is 4.77. The van der Waals surface area contributed by atoms with E-state index in [1.807, 2.05) is 6.92 Å². The second kappa shape index (κ2) is 6.01. The molecule has 0 N–H and O–H groups in total. The highest BCUT2D eigenvalue weighted by Gasteiger charge is 2.15. The number of fused-ring (bicyclic) bond motifs is 1. The number of nitrogens with zero attached hydrogens (tertiary/aromatic N) is 4. The summed E-state index contributed by atoms with van der Waals surface area (Å²) in [4.78, 5) is 19.5. The fourth-order valence-electron chi connectivity index (χ4n) is 2.03. The maximum absolute atomic E-state index is 12.1. The zero-order valence-corrected chi connectivity index (χ0v) is 13.6. The van der Waals surface area contributed by atoms with E-state index >= 15 is 0 Å². The third-order valence-electron chi connectivity index (χ3n) is 3.71. The molecule has 0 amide bonds. The van der Waals surface area contributed by atoms with Crippen LogP contribution in [0.25, 0.3) is 4.96 Å². The van der Waals surface area contributed by atoms with Gasteiger partial charge in [0.1, 0.15) is 5.01 Å². The van der Waals surface area contributed by atoms with Gasteiger partial charge in [0.15, 0.2) is 0 Å². The molecule has 5 nitrogen and oxygen atoms in total. The van der Waals surface area contributed by atoms with Crippen LogP contribution in [0.1, 0.15) is 38.4 Å². The van der Waals surface area contributed by atoms with Gasteiger partial charge in [0, 0.05) is 18.7 Å². The van der Waals surface area contributed by atoms with E-state index in [2.05, 4.69) is 42.8 Å². The van der Waals surface area contributed by atoms with Crippen LogP contribution in [0.5, 0.6) is 0 Å². The standard InChI is InChI=1S/C14H22N4OS/c1-6-12-16-18-13(19)7-11(15-14(18)20-12)8-17(5)10(4)9(2)3/h7,9-10H,6,8H2,1-5H3/t10-/m0/s1. The lowest BCUT2D eigenvalue weighted by Gasteiger charge is -2.27. The summed E-state index contributed by atoms with van der Waals surface area (Å²) in [5.41, 5.74) is 0.725. The van der Waals surface area contributed by atoms with Crippen molar-refractivity contribution < 1.29 is 0 Å². The fourth-order valence-corrected chi connectivity index (χ4v) is 2.89. The van der Waals surface area contributed by atoms with Crippen molar-refractivity contribution in [2.45, 2.75) is 46.7 Å². The van der Waals surface area contributed by atoms with Crippen molar-refractivity contribution in [3.8, 4) is 0 Å². The van der Waals surface area contributed by atoms with Crippen LogP contribution in [0.4, 0.5) is 0 Å². The van der Waals surface area contributed by atoms with Gasteiger partial charge in [0.25, 0.3) is 5.56 Å². The maximum Gasteiger partial charge on any atom is 0.275 e. The summed E-state index contributed by atoms with van der Waals surface area (Å²) < 4.78 is 1.40. The van der Waals surface area contributed by atoms with Crippen LogP contribution in [-0.4, -0.2) is 32.6 Å². The first kappa shape index (κ1) is 15.1. The van der Waals surface area contributed by atoms with E-state index in [1.54, 1.807) is 6.07 Å². The molecule has 0 unspecified atom stereocenters. The molecule has 0 radical (unpaired) electrons. The Morgan fingerprint density at radius 2 is 2.10 bits per heavy atom. The molecule has 110 valence electrons. The van der Waals surface area contributed by atoms with Crippen LogP contribution in [0.15, 0.2) is 10.9 Å². The molecule has 0 fully saturated rings. The lowest BCUT2D eigenvalue weighted by Crippen LogP contribution is -2.33. The van der Waals surface area contributed by atoms with Crippen molar-refractivity contribution in [1.29, 1.82) is 0 Å². The van der Waals surface area contributed by atoms with Crippen LogP contribution < -0.4 is 5.56 Å². The highest BCUT2D eigenvalue weighted by atomic mass is 32.1. The van der Waals surface area contributed by atoms with E-state index in [4.69, 9.17) is 0 Å². The Kier molecular flexibility index (Phi) is 4.55. The predicted molar refractivity (Wildman–Crippen MR) is 82.3 cm³/mol. The molecule has 0 aliphatic rings. The van der Waals surface area contributed by atoms with Gasteiger partial charge in [-0.05, 0) is 26.3 Å². The number of aryl methyl sites for hydroxylation is 1. The van der Waals surface area contributed by atoms with Gasteiger partial charge in [-0.3, -0.25) is 9.69 Å². The molecule has 0 bridgehead atoms. The second-order valence-electron chi connectivity index (χ2n) is 5.53. The van der Waals surface area contributed by atoms with E-state index in [0.29, 0.717) is 23.5 Å². The molecule has 0 saturated heterocycles. The van der Waals surface area contributed by atoms with E-state index in [1.165, 1.54) is 15.9 Å². The number of rotatable bonds is 5. The van der Waals surface area contributed by atoms with Crippen LogP contribution in [0.3, 0.4) is 0 Å². The summed E-state index contributed by atoms with van der Waals surface area (Å²) in [6.45, 7) is 9.30. The highest BCUT2D eigenvalue weighted by Crippen LogP contribution is 2.14. The molecule has 0 aromatic carbocycles. The van der Waals surface area contributed by atoms with Gasteiger partial charge in [-0.15, -0.1) is 0 Å². The minimum atomic E-state index is -0.0912. The molecule has 0 aliphatic carbocycles. The average Bonchev–Trinajstić information content (AvgIpc) is 2.81. The van der Waals surface area contributed by atoms with E-state index in [9.17, 15) is 4.79 Å². The van der Waals surface area contributed by atoms with Crippen LogP contribution in [0.2, 0.25) is 0 Å². The predicted octanol–water partition coefficient (Wildman–Crippen LogP) is 2.19. The Hall–Kier alpha value is -1.27. The zero-order valence-electron chi connectivity index (χ0n) is 12.8. The zero-order chi connectivity index (χ0) is 14.9. The van der Waals surface area contributed by atoms with Crippen molar-refractivity contribution in [3.05, 3.63) is 27.1 Å². The van der Waals surface area contributed by atoms with Crippen molar-refractivity contribution >= 4 is 16.3 Å². The molecule has 2 rings (SSSR count). The molecule has 0 spiro atoms. The van der Waals surface area contributed by atoms with E-state index < -0.39 is 0 Å². The Bertz CT molecular complexity index is 646. The van der Waals surface area contributed by atoms with Crippen LogP contribution >= 0.6 is 11.3 Å². The highest BCUT2D eigenvalue weighted by molar-refractivity contribution is 7.16. The second-order valence-corrected chi connectivity index (χ2v) is 6.57. The van der Waals surface area contributed by atoms with Crippen molar-refractivity contribution in [2.75, 3.05) is 7.05 Å². The number of hydrogen-bond acceptors (Lipinski definition) is 5. The summed E-state index contributed by atoms with van der Waals surface area (Å²) >= 11 is 1.49. The lowest BCUT2D eigenvalue weighted by atomic mass is 10.1. The SMILES string of the molecule is CCc1nn2c(=O)cc(CN(C)[C@@H](C)C(C)C)nc2s1. The summed E-state index contributed by atoms with van der Waals surface area (Å²) in [5, 5.41) is 5.20. The first-order chi connectivity index (χ1) is 9.42. The molecule has 1 atom stereocenters. The van der Waals surface area contributed by atoms with Crippen molar-refractivity contribution in [1.82, 2.24) is 19.5 Å². The van der Waals surface area contributed by atoms with E-state index in [-0.39, 0.29) is 5.56 Å². The Morgan fingerprint density at radius 3 is 2.70 bits per heavy atom. The molecule has 2 aromatic heterocycles. The van der Waals surface area contributed by atoms with Crippen molar-refractivity contribution in [2.24, 2.45) is 5.92 Å². The first-order valence-corrected chi connectivity index (χ1v) is 7.83. The summed E-state index contributed by atoms with van der Waals surface area (Å²) in [6, 6.07) is 2.04. The normalized spacial score (nSPS) is 13.6. The van der Waals surface area contributed by atoms with Crippen LogP contribution in [-0.2, 0) is 13.0 Å². The van der Waals surface area contributed by atoms with Gasteiger partial charge >= 0.3 is 0 Å². The number of hydrogen-bond donors (Lipinski definition) is 0. The van der Waals surface area contributed by atoms with Gasteiger partial charge in [-0.25, -0.2) is 4.98 Å². The molecule has 0 aliphatic heterocycles. The molecular weight excluding hydrogens is 272 g/mol. The summed E-state index contributed by atoms with van der Waals surface area (Å²) in [6.07, 6.45) is 0.826. The van der Waals surface area contributed by atoms with Gasteiger partial charge in [0.05, 0.1) is 5.69 Å². The topological polar surface area (TPSA) is 50.5 Å². The fraction of sp³-hybridized carbons (Fsp3) is 0.643. The molecule has 2 heterocycles. The molecular formula is C14H22N4OS. The maximum atomic E-state index is 12.1. The van der Waals surface area contributed by atoms with Gasteiger partial charge in [-0.2, -0.15) is 9.61 Å². The number of aromatic nitrogens is 3. The monoisotopic (exact) mass is 294 g/mol. The minimum Gasteiger partial charge on any atom is -0.298 e. The smallest absolute Gasteiger partial charge is 0.275 e. The Balaban J connectivity index is 2.29. The van der Waals surface area contributed by atoms with Gasteiger partial charge in [0.2, 0.25) is 4.96 Å². The average molecular weight is 294 g/mol. The van der Waals surface area contributed by atoms with E-state index in [0.717, 1.165) is 17.1 Å². The Morgan fingerprint density at radius 1 is 1.40 bits per heavy atom. The summed E-state index contributed by atoms with van der Waals surface area (Å²) in [7, 11) is 2.07.